The van der Waals surface area contributed by atoms with Gasteiger partial charge in [-0.15, -0.1) is 11.3 Å². The van der Waals surface area contributed by atoms with E-state index in [1.54, 1.807) is 17.4 Å². The molecule has 6 heteroatoms. The molecular formula is C19H12FN3OS. The molecule has 0 aliphatic rings. The number of carbonyl (C=O) groups is 1. The van der Waals surface area contributed by atoms with E-state index in [1.165, 1.54) is 12.3 Å². The van der Waals surface area contributed by atoms with Crippen molar-refractivity contribution < 1.29 is 9.18 Å². The molecule has 4 aromatic rings. The highest BCUT2D eigenvalue weighted by Gasteiger charge is 2.12. The third kappa shape index (κ3) is 3.12. The fourth-order valence-electron chi connectivity index (χ4n) is 2.48. The minimum absolute atomic E-state index is 0.0413. The largest absolute Gasteiger partial charge is 0.322 e. The number of nitrogens with zero attached hydrogens (tertiary/aromatic N) is 2. The van der Waals surface area contributed by atoms with Crippen LogP contribution < -0.4 is 5.32 Å². The van der Waals surface area contributed by atoms with Crippen molar-refractivity contribution in [2.75, 3.05) is 5.32 Å². The second-order valence-corrected chi connectivity index (χ2v) is 6.41. The number of amides is 1. The molecular weight excluding hydrogens is 337 g/mol. The maximum Gasteiger partial charge on any atom is 0.258 e. The molecule has 0 aliphatic heterocycles. The van der Waals surface area contributed by atoms with E-state index in [0.717, 1.165) is 27.0 Å². The van der Waals surface area contributed by atoms with Crippen LogP contribution in [0, 0.1) is 5.82 Å². The van der Waals surface area contributed by atoms with E-state index in [-0.39, 0.29) is 5.56 Å². The Labute approximate surface area is 147 Å². The highest BCUT2D eigenvalue weighted by molar-refractivity contribution is 7.21. The van der Waals surface area contributed by atoms with Gasteiger partial charge in [0, 0.05) is 17.4 Å². The van der Waals surface area contributed by atoms with Gasteiger partial charge in [0.1, 0.15) is 5.01 Å². The quantitative estimate of drug-likeness (QED) is 0.581. The van der Waals surface area contributed by atoms with Crippen LogP contribution in [0.5, 0.6) is 0 Å². The first kappa shape index (κ1) is 15.4. The van der Waals surface area contributed by atoms with E-state index in [4.69, 9.17) is 0 Å². The Kier molecular flexibility index (Phi) is 3.95. The first-order valence-electron chi connectivity index (χ1n) is 7.57. The summed E-state index contributed by atoms with van der Waals surface area (Å²) < 4.78 is 14.8. The minimum atomic E-state index is -0.651. The van der Waals surface area contributed by atoms with Gasteiger partial charge < -0.3 is 5.32 Å². The normalized spacial score (nSPS) is 10.8. The first-order chi connectivity index (χ1) is 12.2. The van der Waals surface area contributed by atoms with E-state index in [9.17, 15) is 9.18 Å². The Balaban J connectivity index is 1.63. The second kappa shape index (κ2) is 6.41. The molecule has 0 bridgehead atoms. The van der Waals surface area contributed by atoms with Gasteiger partial charge in [-0.1, -0.05) is 24.3 Å². The molecule has 4 nitrogen and oxygen atoms in total. The molecule has 2 aromatic carbocycles. The maximum atomic E-state index is 13.7. The smallest absolute Gasteiger partial charge is 0.258 e. The number of fused-ring (bicyclic) bond motifs is 1. The summed E-state index contributed by atoms with van der Waals surface area (Å²) in [5, 5.41) is 3.58. The van der Waals surface area contributed by atoms with Crippen LogP contribution in [0.2, 0.25) is 0 Å². The van der Waals surface area contributed by atoms with Crippen molar-refractivity contribution in [3.05, 3.63) is 78.4 Å². The molecule has 4 rings (SSSR count). The zero-order chi connectivity index (χ0) is 17.2. The Bertz CT molecular complexity index is 1040. The zero-order valence-electron chi connectivity index (χ0n) is 12.9. The number of pyridine rings is 1. The number of thiazole rings is 1. The summed E-state index contributed by atoms with van der Waals surface area (Å²) >= 11 is 1.58. The van der Waals surface area contributed by atoms with Gasteiger partial charge in [-0.05, 0) is 30.3 Å². The van der Waals surface area contributed by atoms with Crippen LogP contribution in [0.25, 0.3) is 20.8 Å². The number of halogens is 1. The molecule has 0 fully saturated rings. The Hall–Kier alpha value is -3.12. The van der Waals surface area contributed by atoms with Crippen molar-refractivity contribution in [2.45, 2.75) is 0 Å². The van der Waals surface area contributed by atoms with E-state index in [1.807, 2.05) is 42.5 Å². The summed E-state index contributed by atoms with van der Waals surface area (Å²) in [6.07, 6.45) is 2.40. The summed E-state index contributed by atoms with van der Waals surface area (Å²) in [6.45, 7) is 0. The number of carbonyl (C=O) groups excluding carboxylic acids is 1. The summed E-state index contributed by atoms with van der Waals surface area (Å²) in [6, 6.07) is 16.6. The van der Waals surface area contributed by atoms with E-state index < -0.39 is 11.7 Å². The molecule has 2 heterocycles. The highest BCUT2D eigenvalue weighted by Crippen LogP contribution is 2.31. The molecule has 1 N–H and O–H groups in total. The molecule has 0 aliphatic carbocycles. The molecule has 1 amide bonds. The van der Waals surface area contributed by atoms with Crippen LogP contribution in [0.15, 0.2) is 67.0 Å². The fourth-order valence-corrected chi connectivity index (χ4v) is 3.45. The van der Waals surface area contributed by atoms with Crippen LogP contribution in [0.4, 0.5) is 10.1 Å². The van der Waals surface area contributed by atoms with Crippen LogP contribution in [-0.2, 0) is 0 Å². The molecule has 0 saturated carbocycles. The number of anilines is 1. The Morgan fingerprint density at radius 2 is 1.96 bits per heavy atom. The average molecular weight is 349 g/mol. The SMILES string of the molecule is O=C(Nc1cccc(-c2nc3ccccc3s2)c1)c1ccncc1F. The number of hydrogen-bond acceptors (Lipinski definition) is 4. The van der Waals surface area contributed by atoms with Gasteiger partial charge in [0.2, 0.25) is 0 Å². The second-order valence-electron chi connectivity index (χ2n) is 5.38. The van der Waals surface area contributed by atoms with Crippen molar-refractivity contribution in [3.8, 4) is 10.6 Å². The summed E-state index contributed by atoms with van der Waals surface area (Å²) in [5.41, 5.74) is 2.38. The lowest BCUT2D eigenvalue weighted by molar-refractivity contribution is 0.102. The number of rotatable bonds is 3. The lowest BCUT2D eigenvalue weighted by atomic mass is 10.2. The highest BCUT2D eigenvalue weighted by atomic mass is 32.1. The van der Waals surface area contributed by atoms with Gasteiger partial charge in [-0.3, -0.25) is 9.78 Å². The molecule has 2 aromatic heterocycles. The minimum Gasteiger partial charge on any atom is -0.322 e. The maximum absolute atomic E-state index is 13.7. The van der Waals surface area contributed by atoms with Crippen molar-refractivity contribution >= 4 is 33.1 Å². The van der Waals surface area contributed by atoms with Gasteiger partial charge >= 0.3 is 0 Å². The van der Waals surface area contributed by atoms with Crippen molar-refractivity contribution in [3.63, 3.8) is 0 Å². The van der Waals surface area contributed by atoms with Crippen molar-refractivity contribution in [2.24, 2.45) is 0 Å². The van der Waals surface area contributed by atoms with E-state index >= 15 is 0 Å². The number of para-hydroxylation sites is 1. The summed E-state index contributed by atoms with van der Waals surface area (Å²) in [5.74, 6) is -1.16. The molecule has 0 unspecified atom stereocenters. The van der Waals surface area contributed by atoms with Gasteiger partial charge in [0.15, 0.2) is 5.82 Å². The van der Waals surface area contributed by atoms with Gasteiger partial charge in [0.25, 0.3) is 5.91 Å². The Morgan fingerprint density at radius 1 is 1.08 bits per heavy atom. The molecule has 25 heavy (non-hydrogen) atoms. The average Bonchev–Trinajstić information content (AvgIpc) is 3.06. The zero-order valence-corrected chi connectivity index (χ0v) is 13.8. The molecule has 0 spiro atoms. The fraction of sp³-hybridized carbons (Fsp3) is 0. The molecule has 122 valence electrons. The van der Waals surface area contributed by atoms with E-state index in [2.05, 4.69) is 15.3 Å². The molecule has 0 atom stereocenters. The number of nitrogens with one attached hydrogen (secondary N) is 1. The van der Waals surface area contributed by atoms with Crippen molar-refractivity contribution in [1.29, 1.82) is 0 Å². The summed E-state index contributed by atoms with van der Waals surface area (Å²) in [4.78, 5) is 20.5. The lowest BCUT2D eigenvalue weighted by Crippen LogP contribution is -2.13. The van der Waals surface area contributed by atoms with Crippen molar-refractivity contribution in [1.82, 2.24) is 9.97 Å². The van der Waals surface area contributed by atoms with Crippen LogP contribution in [0.1, 0.15) is 10.4 Å². The number of hydrogen-bond donors (Lipinski definition) is 1. The van der Waals surface area contributed by atoms with Crippen LogP contribution >= 0.6 is 11.3 Å². The summed E-state index contributed by atoms with van der Waals surface area (Å²) in [7, 11) is 0. The standard InChI is InChI=1S/C19H12FN3OS/c20-15-11-21-9-8-14(15)18(24)22-13-5-3-4-12(10-13)19-23-16-6-1-2-7-17(16)25-19/h1-11H,(H,22,24). The van der Waals surface area contributed by atoms with Crippen LogP contribution in [0.3, 0.4) is 0 Å². The molecule has 0 radical (unpaired) electrons. The van der Waals surface area contributed by atoms with Crippen LogP contribution in [-0.4, -0.2) is 15.9 Å². The number of benzene rings is 2. The predicted molar refractivity (Wildman–Crippen MR) is 97.2 cm³/mol. The Morgan fingerprint density at radius 3 is 2.80 bits per heavy atom. The third-order valence-corrected chi connectivity index (χ3v) is 4.76. The van der Waals surface area contributed by atoms with Gasteiger partial charge in [0.05, 0.1) is 22.0 Å². The van der Waals surface area contributed by atoms with E-state index in [0.29, 0.717) is 5.69 Å². The predicted octanol–water partition coefficient (Wildman–Crippen LogP) is 4.75. The van der Waals surface area contributed by atoms with Gasteiger partial charge in [-0.2, -0.15) is 0 Å². The van der Waals surface area contributed by atoms with Gasteiger partial charge in [-0.25, -0.2) is 9.37 Å². The first-order valence-corrected chi connectivity index (χ1v) is 8.39. The lowest BCUT2D eigenvalue weighted by Gasteiger charge is -2.07. The monoisotopic (exact) mass is 349 g/mol. The molecule has 0 saturated heterocycles. The third-order valence-electron chi connectivity index (χ3n) is 3.68. The number of aromatic nitrogens is 2. The topological polar surface area (TPSA) is 54.9 Å².